The standard InChI is InChI=1S/C10H23N3O/c1-8(2)7-13-10(14)4-5-12-9(3)6-11/h8-9,12H,4-7,11H2,1-3H3,(H,13,14). The Morgan fingerprint density at radius 2 is 2.00 bits per heavy atom. The minimum Gasteiger partial charge on any atom is -0.356 e. The van der Waals surface area contributed by atoms with Gasteiger partial charge in [0.15, 0.2) is 0 Å². The van der Waals surface area contributed by atoms with E-state index in [-0.39, 0.29) is 11.9 Å². The van der Waals surface area contributed by atoms with Crippen LogP contribution in [0, 0.1) is 5.92 Å². The zero-order chi connectivity index (χ0) is 11.0. The van der Waals surface area contributed by atoms with Crippen molar-refractivity contribution >= 4 is 5.91 Å². The molecule has 0 saturated carbocycles. The van der Waals surface area contributed by atoms with Crippen molar-refractivity contribution in [2.24, 2.45) is 11.7 Å². The molecule has 0 aromatic heterocycles. The fourth-order valence-corrected chi connectivity index (χ4v) is 0.922. The highest BCUT2D eigenvalue weighted by molar-refractivity contribution is 5.76. The van der Waals surface area contributed by atoms with Crippen LogP contribution in [0.4, 0.5) is 0 Å². The Morgan fingerprint density at radius 3 is 2.50 bits per heavy atom. The SMILES string of the molecule is CC(C)CNC(=O)CCNC(C)CN. The van der Waals surface area contributed by atoms with Crippen molar-refractivity contribution in [2.45, 2.75) is 33.2 Å². The lowest BCUT2D eigenvalue weighted by atomic mass is 10.2. The Labute approximate surface area is 86.6 Å². The summed E-state index contributed by atoms with van der Waals surface area (Å²) >= 11 is 0. The second-order valence-electron chi connectivity index (χ2n) is 4.04. The number of hydrogen-bond donors (Lipinski definition) is 3. The van der Waals surface area contributed by atoms with Gasteiger partial charge in [-0.25, -0.2) is 0 Å². The number of carbonyl (C=O) groups excluding carboxylic acids is 1. The highest BCUT2D eigenvalue weighted by Crippen LogP contribution is 1.88. The maximum Gasteiger partial charge on any atom is 0.221 e. The Balaban J connectivity index is 3.35. The number of amides is 1. The first-order valence-electron chi connectivity index (χ1n) is 5.26. The number of carbonyl (C=O) groups is 1. The Morgan fingerprint density at radius 1 is 1.36 bits per heavy atom. The molecule has 1 unspecified atom stereocenters. The molecule has 0 aliphatic carbocycles. The van der Waals surface area contributed by atoms with Crippen LogP contribution in [0.3, 0.4) is 0 Å². The van der Waals surface area contributed by atoms with Gasteiger partial charge in [0.2, 0.25) is 5.91 Å². The van der Waals surface area contributed by atoms with Crippen molar-refractivity contribution in [3.05, 3.63) is 0 Å². The molecule has 1 amide bonds. The van der Waals surface area contributed by atoms with E-state index in [0.717, 1.165) is 6.54 Å². The first kappa shape index (κ1) is 13.4. The molecule has 4 N–H and O–H groups in total. The lowest BCUT2D eigenvalue weighted by Crippen LogP contribution is -2.36. The summed E-state index contributed by atoms with van der Waals surface area (Å²) in [6, 6.07) is 0.285. The molecule has 0 aliphatic heterocycles. The summed E-state index contributed by atoms with van der Waals surface area (Å²) in [5.74, 6) is 0.616. The van der Waals surface area contributed by atoms with Gasteiger partial charge in [0, 0.05) is 32.1 Å². The molecule has 0 aromatic carbocycles. The van der Waals surface area contributed by atoms with Crippen molar-refractivity contribution in [1.29, 1.82) is 0 Å². The van der Waals surface area contributed by atoms with Crippen LogP contribution in [-0.4, -0.2) is 31.6 Å². The van der Waals surface area contributed by atoms with Crippen molar-refractivity contribution in [2.75, 3.05) is 19.6 Å². The lowest BCUT2D eigenvalue weighted by molar-refractivity contribution is -0.121. The number of rotatable bonds is 7. The van der Waals surface area contributed by atoms with Crippen molar-refractivity contribution in [3.8, 4) is 0 Å². The first-order chi connectivity index (χ1) is 6.56. The highest BCUT2D eigenvalue weighted by Gasteiger charge is 2.03. The molecule has 84 valence electrons. The fourth-order valence-electron chi connectivity index (χ4n) is 0.922. The molecule has 0 aromatic rings. The smallest absolute Gasteiger partial charge is 0.221 e. The van der Waals surface area contributed by atoms with Crippen LogP contribution in [0.2, 0.25) is 0 Å². The van der Waals surface area contributed by atoms with E-state index in [4.69, 9.17) is 5.73 Å². The highest BCUT2D eigenvalue weighted by atomic mass is 16.1. The Hall–Kier alpha value is -0.610. The zero-order valence-corrected chi connectivity index (χ0v) is 9.47. The predicted octanol–water partition coefficient (Wildman–Crippen LogP) is 0.0855. The van der Waals surface area contributed by atoms with Crippen LogP contribution < -0.4 is 16.4 Å². The van der Waals surface area contributed by atoms with Crippen LogP contribution in [0.25, 0.3) is 0 Å². The molecule has 0 radical (unpaired) electrons. The van der Waals surface area contributed by atoms with E-state index in [0.29, 0.717) is 25.4 Å². The first-order valence-corrected chi connectivity index (χ1v) is 5.26. The molecular weight excluding hydrogens is 178 g/mol. The van der Waals surface area contributed by atoms with Crippen LogP contribution in [0.15, 0.2) is 0 Å². The van der Waals surface area contributed by atoms with Gasteiger partial charge in [-0.2, -0.15) is 0 Å². The monoisotopic (exact) mass is 201 g/mol. The van der Waals surface area contributed by atoms with E-state index in [1.165, 1.54) is 0 Å². The fraction of sp³-hybridized carbons (Fsp3) is 0.900. The number of hydrogen-bond acceptors (Lipinski definition) is 3. The molecule has 0 aliphatic rings. The average Bonchev–Trinajstić information content (AvgIpc) is 2.14. The van der Waals surface area contributed by atoms with Crippen molar-refractivity contribution in [1.82, 2.24) is 10.6 Å². The molecule has 0 fully saturated rings. The van der Waals surface area contributed by atoms with Crippen LogP contribution >= 0.6 is 0 Å². The topological polar surface area (TPSA) is 67.2 Å². The van der Waals surface area contributed by atoms with Gasteiger partial charge in [0.25, 0.3) is 0 Å². The second-order valence-corrected chi connectivity index (χ2v) is 4.04. The van der Waals surface area contributed by atoms with E-state index in [2.05, 4.69) is 24.5 Å². The lowest BCUT2D eigenvalue weighted by Gasteiger charge is -2.11. The van der Waals surface area contributed by atoms with Crippen molar-refractivity contribution in [3.63, 3.8) is 0 Å². The summed E-state index contributed by atoms with van der Waals surface area (Å²) in [7, 11) is 0. The van der Waals surface area contributed by atoms with Gasteiger partial charge in [0.05, 0.1) is 0 Å². The van der Waals surface area contributed by atoms with E-state index < -0.39 is 0 Å². The second kappa shape index (κ2) is 7.76. The van der Waals surface area contributed by atoms with Gasteiger partial charge in [-0.1, -0.05) is 13.8 Å². The zero-order valence-electron chi connectivity index (χ0n) is 9.47. The van der Waals surface area contributed by atoms with E-state index >= 15 is 0 Å². The van der Waals surface area contributed by atoms with Crippen LogP contribution in [0.5, 0.6) is 0 Å². The largest absolute Gasteiger partial charge is 0.356 e. The molecule has 0 saturated heterocycles. The van der Waals surface area contributed by atoms with Gasteiger partial charge < -0.3 is 16.4 Å². The average molecular weight is 201 g/mol. The third kappa shape index (κ3) is 8.01. The molecule has 4 heteroatoms. The van der Waals surface area contributed by atoms with E-state index in [9.17, 15) is 4.79 Å². The summed E-state index contributed by atoms with van der Waals surface area (Å²) < 4.78 is 0. The summed E-state index contributed by atoms with van der Waals surface area (Å²) in [5.41, 5.74) is 5.42. The van der Waals surface area contributed by atoms with Gasteiger partial charge in [-0.05, 0) is 12.8 Å². The molecule has 4 nitrogen and oxygen atoms in total. The Bertz CT molecular complexity index is 159. The van der Waals surface area contributed by atoms with Crippen molar-refractivity contribution < 1.29 is 4.79 Å². The minimum absolute atomic E-state index is 0.107. The normalized spacial score (nSPS) is 12.9. The van der Waals surface area contributed by atoms with E-state index in [1.54, 1.807) is 0 Å². The number of nitrogens with two attached hydrogens (primary N) is 1. The van der Waals surface area contributed by atoms with Gasteiger partial charge in [-0.3, -0.25) is 4.79 Å². The number of nitrogens with one attached hydrogen (secondary N) is 2. The maximum absolute atomic E-state index is 11.2. The van der Waals surface area contributed by atoms with Crippen LogP contribution in [0.1, 0.15) is 27.2 Å². The Kier molecular flexibility index (Phi) is 7.42. The van der Waals surface area contributed by atoms with Gasteiger partial charge >= 0.3 is 0 Å². The van der Waals surface area contributed by atoms with Crippen LogP contribution in [-0.2, 0) is 4.79 Å². The predicted molar refractivity (Wildman–Crippen MR) is 59.0 cm³/mol. The summed E-state index contributed by atoms with van der Waals surface area (Å²) in [4.78, 5) is 11.2. The van der Waals surface area contributed by atoms with Gasteiger partial charge in [-0.15, -0.1) is 0 Å². The molecule has 0 heterocycles. The molecule has 0 spiro atoms. The molecule has 14 heavy (non-hydrogen) atoms. The third-order valence-electron chi connectivity index (χ3n) is 1.91. The van der Waals surface area contributed by atoms with Gasteiger partial charge in [0.1, 0.15) is 0 Å². The summed E-state index contributed by atoms with van der Waals surface area (Å²) in [6.45, 7) is 8.22. The molecular formula is C10H23N3O. The molecule has 1 atom stereocenters. The van der Waals surface area contributed by atoms with E-state index in [1.807, 2.05) is 6.92 Å². The summed E-state index contributed by atoms with van der Waals surface area (Å²) in [5, 5.41) is 6.03. The molecule has 0 bridgehead atoms. The maximum atomic E-state index is 11.2. The summed E-state index contributed by atoms with van der Waals surface area (Å²) in [6.07, 6.45) is 0.525. The molecule has 0 rings (SSSR count). The third-order valence-corrected chi connectivity index (χ3v) is 1.91. The minimum atomic E-state index is 0.107. The quantitative estimate of drug-likeness (QED) is 0.546.